The molecule has 1 aliphatic carbocycles. The van der Waals surface area contributed by atoms with Crippen LogP contribution in [0.15, 0.2) is 48.5 Å². The van der Waals surface area contributed by atoms with Gasteiger partial charge in [0.25, 0.3) is 0 Å². The van der Waals surface area contributed by atoms with Crippen molar-refractivity contribution in [1.29, 1.82) is 0 Å². The quantitative estimate of drug-likeness (QED) is 0.711. The van der Waals surface area contributed by atoms with Crippen molar-refractivity contribution in [1.82, 2.24) is 0 Å². The highest BCUT2D eigenvalue weighted by atomic mass is 35.5. The molecule has 0 atom stereocenters. The summed E-state index contributed by atoms with van der Waals surface area (Å²) in [7, 11) is 0. The molecule has 0 radical (unpaired) electrons. The molecule has 3 rings (SSSR count). The molecule has 0 saturated carbocycles. The molecule has 0 unspecified atom stereocenters. The summed E-state index contributed by atoms with van der Waals surface area (Å²) >= 11 is 6.11. The first kappa shape index (κ1) is 14.2. The molecule has 3 heteroatoms. The first-order valence-electron chi connectivity index (χ1n) is 7.08. The molecule has 0 bridgehead atoms. The van der Waals surface area contributed by atoms with Gasteiger partial charge in [-0.1, -0.05) is 29.8 Å². The lowest BCUT2D eigenvalue weighted by atomic mass is 10.0. The van der Waals surface area contributed by atoms with Gasteiger partial charge in [0, 0.05) is 10.6 Å². The van der Waals surface area contributed by atoms with E-state index in [0.717, 1.165) is 29.7 Å². The van der Waals surface area contributed by atoms with Crippen molar-refractivity contribution in [3.63, 3.8) is 0 Å². The first-order valence-corrected chi connectivity index (χ1v) is 7.46. The maximum absolute atomic E-state index is 12.9. The van der Waals surface area contributed by atoms with Crippen LogP contribution in [-0.2, 0) is 6.61 Å². The van der Waals surface area contributed by atoms with Gasteiger partial charge in [-0.3, -0.25) is 0 Å². The van der Waals surface area contributed by atoms with Crippen molar-refractivity contribution in [2.24, 2.45) is 0 Å². The topological polar surface area (TPSA) is 9.23 Å². The van der Waals surface area contributed by atoms with Gasteiger partial charge in [0.05, 0.1) is 0 Å². The zero-order valence-electron chi connectivity index (χ0n) is 11.6. The third kappa shape index (κ3) is 3.45. The third-order valence-electron chi connectivity index (χ3n) is 3.64. The maximum Gasteiger partial charge on any atom is 0.127 e. The normalized spacial score (nSPS) is 14.1. The fourth-order valence-corrected chi connectivity index (χ4v) is 2.71. The van der Waals surface area contributed by atoms with E-state index in [0.29, 0.717) is 11.6 Å². The predicted octanol–water partition coefficient (Wildman–Crippen LogP) is 5.63. The number of halogens is 2. The van der Waals surface area contributed by atoms with E-state index in [1.165, 1.54) is 24.1 Å². The van der Waals surface area contributed by atoms with Gasteiger partial charge in [-0.2, -0.15) is 0 Å². The second kappa shape index (κ2) is 6.31. The van der Waals surface area contributed by atoms with Crippen molar-refractivity contribution < 1.29 is 9.13 Å². The van der Waals surface area contributed by atoms with Gasteiger partial charge >= 0.3 is 0 Å². The van der Waals surface area contributed by atoms with E-state index < -0.39 is 0 Å². The monoisotopic (exact) mass is 302 g/mol. The Labute approximate surface area is 129 Å². The Kier molecular flexibility index (Phi) is 4.26. The minimum atomic E-state index is -0.234. The van der Waals surface area contributed by atoms with Gasteiger partial charge in [0.1, 0.15) is 18.2 Å². The minimum Gasteiger partial charge on any atom is -0.488 e. The summed E-state index contributed by atoms with van der Waals surface area (Å²) in [5, 5.41) is 0.715. The average molecular weight is 303 g/mol. The highest BCUT2D eigenvalue weighted by Gasteiger charge is 2.13. The molecule has 2 aromatic carbocycles. The maximum atomic E-state index is 12.9. The Morgan fingerprint density at radius 3 is 2.62 bits per heavy atom. The number of ether oxygens (including phenoxy) is 1. The molecule has 0 spiro atoms. The summed E-state index contributed by atoms with van der Waals surface area (Å²) < 4.78 is 18.8. The fraction of sp³-hybridized carbons (Fsp3) is 0.222. The smallest absolute Gasteiger partial charge is 0.127 e. The molecule has 0 saturated heterocycles. The lowest BCUT2D eigenvalue weighted by Gasteiger charge is -2.13. The van der Waals surface area contributed by atoms with Crippen LogP contribution in [0, 0.1) is 5.82 Å². The van der Waals surface area contributed by atoms with E-state index in [1.807, 2.05) is 18.2 Å². The van der Waals surface area contributed by atoms with E-state index >= 15 is 0 Å². The Balaban J connectivity index is 1.80. The number of allylic oxidation sites excluding steroid dienone is 2. The van der Waals surface area contributed by atoms with Gasteiger partial charge in [-0.15, -0.1) is 0 Å². The van der Waals surface area contributed by atoms with Crippen LogP contribution in [-0.4, -0.2) is 0 Å². The van der Waals surface area contributed by atoms with E-state index in [1.54, 1.807) is 12.1 Å². The van der Waals surface area contributed by atoms with Gasteiger partial charge in [0.15, 0.2) is 0 Å². The standard InChI is InChI=1S/C18H16ClFO/c19-15-7-10-18(17(11-15)14-3-1-2-4-14)21-12-13-5-8-16(20)9-6-13/h3,5-11H,1-2,4,12H2. The predicted molar refractivity (Wildman–Crippen MR) is 84.0 cm³/mol. The molecule has 1 aliphatic rings. The van der Waals surface area contributed by atoms with E-state index in [-0.39, 0.29) is 5.82 Å². The van der Waals surface area contributed by atoms with Crippen LogP contribution in [0.1, 0.15) is 30.4 Å². The minimum absolute atomic E-state index is 0.234. The third-order valence-corrected chi connectivity index (χ3v) is 3.87. The molecule has 0 aromatic heterocycles. The Hall–Kier alpha value is -1.80. The van der Waals surface area contributed by atoms with Gasteiger partial charge in [-0.05, 0) is 60.7 Å². The second-order valence-corrected chi connectivity index (χ2v) is 5.61. The van der Waals surface area contributed by atoms with Crippen LogP contribution in [0.2, 0.25) is 5.02 Å². The molecular weight excluding hydrogens is 287 g/mol. The zero-order valence-corrected chi connectivity index (χ0v) is 12.4. The molecule has 0 aliphatic heterocycles. The zero-order chi connectivity index (χ0) is 14.7. The molecule has 21 heavy (non-hydrogen) atoms. The van der Waals surface area contributed by atoms with E-state index in [4.69, 9.17) is 16.3 Å². The SMILES string of the molecule is Fc1ccc(COc2ccc(Cl)cc2C2=CCCC2)cc1. The summed E-state index contributed by atoms with van der Waals surface area (Å²) in [6.45, 7) is 0.419. The molecular formula is C18H16ClFO. The van der Waals surface area contributed by atoms with Crippen LogP contribution in [0.4, 0.5) is 4.39 Å². The summed E-state index contributed by atoms with van der Waals surface area (Å²) in [5.74, 6) is 0.596. The molecule has 0 heterocycles. The van der Waals surface area contributed by atoms with E-state index in [2.05, 4.69) is 6.08 Å². The van der Waals surface area contributed by atoms with Crippen molar-refractivity contribution in [2.45, 2.75) is 25.9 Å². The van der Waals surface area contributed by atoms with Crippen molar-refractivity contribution >= 4 is 17.2 Å². The highest BCUT2D eigenvalue weighted by molar-refractivity contribution is 6.30. The molecule has 108 valence electrons. The lowest BCUT2D eigenvalue weighted by Crippen LogP contribution is -1.98. The van der Waals surface area contributed by atoms with Gasteiger partial charge in [0.2, 0.25) is 0 Å². The summed E-state index contributed by atoms with van der Waals surface area (Å²) in [6.07, 6.45) is 5.60. The molecule has 0 fully saturated rings. The van der Waals surface area contributed by atoms with E-state index in [9.17, 15) is 4.39 Å². The molecule has 1 nitrogen and oxygen atoms in total. The molecule has 0 amide bonds. The summed E-state index contributed by atoms with van der Waals surface area (Å²) in [6, 6.07) is 12.1. The second-order valence-electron chi connectivity index (χ2n) is 5.18. The summed E-state index contributed by atoms with van der Waals surface area (Å²) in [5.41, 5.74) is 3.31. The van der Waals surface area contributed by atoms with Crippen LogP contribution in [0.5, 0.6) is 5.75 Å². The Morgan fingerprint density at radius 1 is 1.10 bits per heavy atom. The first-order chi connectivity index (χ1) is 10.2. The van der Waals surface area contributed by atoms with Gasteiger partial charge < -0.3 is 4.74 Å². The van der Waals surface area contributed by atoms with Crippen molar-refractivity contribution in [2.75, 3.05) is 0 Å². The largest absolute Gasteiger partial charge is 0.488 e. The lowest BCUT2D eigenvalue weighted by molar-refractivity contribution is 0.305. The van der Waals surface area contributed by atoms with Crippen LogP contribution < -0.4 is 4.74 Å². The Morgan fingerprint density at radius 2 is 1.90 bits per heavy atom. The van der Waals surface area contributed by atoms with Crippen LogP contribution in [0.3, 0.4) is 0 Å². The van der Waals surface area contributed by atoms with Crippen LogP contribution in [0.25, 0.3) is 5.57 Å². The Bertz CT molecular complexity index is 661. The number of rotatable bonds is 4. The van der Waals surface area contributed by atoms with Crippen LogP contribution >= 0.6 is 11.6 Å². The summed E-state index contributed by atoms with van der Waals surface area (Å²) in [4.78, 5) is 0. The highest BCUT2D eigenvalue weighted by Crippen LogP contribution is 2.35. The number of hydrogen-bond acceptors (Lipinski definition) is 1. The van der Waals surface area contributed by atoms with Crippen molar-refractivity contribution in [3.05, 3.63) is 70.5 Å². The molecule has 2 aromatic rings. The number of benzene rings is 2. The number of hydrogen-bond donors (Lipinski definition) is 0. The van der Waals surface area contributed by atoms with Gasteiger partial charge in [-0.25, -0.2) is 4.39 Å². The fourth-order valence-electron chi connectivity index (χ4n) is 2.54. The molecule has 0 N–H and O–H groups in total. The average Bonchev–Trinajstić information content (AvgIpc) is 3.02. The van der Waals surface area contributed by atoms with Crippen molar-refractivity contribution in [3.8, 4) is 5.75 Å².